The zero-order valence-electron chi connectivity index (χ0n) is 14.3. The fourth-order valence-electron chi connectivity index (χ4n) is 2.39. The van der Waals surface area contributed by atoms with Gasteiger partial charge in [-0.15, -0.1) is 5.10 Å². The summed E-state index contributed by atoms with van der Waals surface area (Å²) in [5.41, 5.74) is 3.13. The monoisotopic (exact) mass is 452 g/mol. The van der Waals surface area contributed by atoms with E-state index in [4.69, 9.17) is 0 Å². The van der Waals surface area contributed by atoms with E-state index in [1.54, 1.807) is 28.9 Å². The van der Waals surface area contributed by atoms with E-state index in [-0.39, 0.29) is 5.75 Å². The summed E-state index contributed by atoms with van der Waals surface area (Å²) in [7, 11) is -3.34. The summed E-state index contributed by atoms with van der Waals surface area (Å²) in [6, 6.07) is 12.6. The van der Waals surface area contributed by atoms with Crippen molar-refractivity contribution in [3.05, 3.63) is 58.1 Å². The number of tetrazole rings is 1. The van der Waals surface area contributed by atoms with Crippen LogP contribution >= 0.6 is 27.7 Å². The SMILES string of the molecule is Cc1cccc(-n2nnnc2SCCS(=O)(=O)c2ccc(Br)cc2)c1C. The molecule has 1 aromatic heterocycles. The Morgan fingerprint density at radius 3 is 2.58 bits per heavy atom. The zero-order valence-corrected chi connectivity index (χ0v) is 17.5. The molecule has 1 heterocycles. The molecule has 0 bridgehead atoms. The average Bonchev–Trinajstić information content (AvgIpc) is 3.06. The Morgan fingerprint density at radius 2 is 1.85 bits per heavy atom. The summed E-state index contributed by atoms with van der Waals surface area (Å²) < 4.78 is 27.4. The minimum atomic E-state index is -3.34. The third kappa shape index (κ3) is 4.16. The number of rotatable bonds is 6. The molecule has 2 aromatic carbocycles. The number of sulfone groups is 1. The molecule has 6 nitrogen and oxygen atoms in total. The smallest absolute Gasteiger partial charge is 0.214 e. The lowest BCUT2D eigenvalue weighted by Gasteiger charge is -2.09. The zero-order chi connectivity index (χ0) is 18.7. The Hall–Kier alpha value is -1.71. The highest BCUT2D eigenvalue weighted by Crippen LogP contribution is 2.23. The third-order valence-electron chi connectivity index (χ3n) is 4.00. The molecule has 0 saturated heterocycles. The molecule has 0 spiro atoms. The van der Waals surface area contributed by atoms with Gasteiger partial charge in [0.05, 0.1) is 16.3 Å². The lowest BCUT2D eigenvalue weighted by molar-refractivity contribution is 0.597. The summed E-state index contributed by atoms with van der Waals surface area (Å²) in [5.74, 6) is 0.378. The predicted octanol–water partition coefficient (Wildman–Crippen LogP) is 3.61. The second-order valence-corrected chi connectivity index (χ2v) is 9.80. The first-order valence-electron chi connectivity index (χ1n) is 7.84. The lowest BCUT2D eigenvalue weighted by atomic mass is 10.1. The van der Waals surface area contributed by atoms with Crippen molar-refractivity contribution in [3.8, 4) is 5.69 Å². The summed E-state index contributed by atoms with van der Waals surface area (Å²) in [5, 5.41) is 12.4. The van der Waals surface area contributed by atoms with Crippen LogP contribution in [-0.4, -0.2) is 40.1 Å². The van der Waals surface area contributed by atoms with Crippen LogP contribution in [0.1, 0.15) is 11.1 Å². The molecule has 9 heteroatoms. The van der Waals surface area contributed by atoms with Gasteiger partial charge in [0.2, 0.25) is 5.16 Å². The Bertz CT molecular complexity index is 1020. The highest BCUT2D eigenvalue weighted by atomic mass is 79.9. The summed E-state index contributed by atoms with van der Waals surface area (Å²) in [4.78, 5) is 0.315. The number of hydrogen-bond donors (Lipinski definition) is 0. The largest absolute Gasteiger partial charge is 0.224 e. The van der Waals surface area contributed by atoms with Crippen molar-refractivity contribution in [1.82, 2.24) is 20.2 Å². The summed E-state index contributed by atoms with van der Waals surface area (Å²) in [6.07, 6.45) is 0. The van der Waals surface area contributed by atoms with Crippen LogP contribution < -0.4 is 0 Å². The quantitative estimate of drug-likeness (QED) is 0.531. The molecule has 0 aliphatic heterocycles. The molecule has 0 amide bonds. The molecule has 0 aliphatic carbocycles. The Kier molecular flexibility index (Phi) is 5.79. The summed E-state index contributed by atoms with van der Waals surface area (Å²) in [6.45, 7) is 4.04. The topological polar surface area (TPSA) is 77.7 Å². The minimum Gasteiger partial charge on any atom is -0.224 e. The molecule has 0 atom stereocenters. The molecule has 3 aromatic rings. The molecular formula is C17H17BrN4O2S2. The molecule has 0 saturated carbocycles. The van der Waals surface area contributed by atoms with Gasteiger partial charge in [-0.3, -0.25) is 0 Å². The maximum Gasteiger partial charge on any atom is 0.214 e. The van der Waals surface area contributed by atoms with E-state index in [9.17, 15) is 8.42 Å². The van der Waals surface area contributed by atoms with Crippen molar-refractivity contribution < 1.29 is 8.42 Å². The van der Waals surface area contributed by atoms with Crippen LogP contribution in [0.15, 0.2) is 57.0 Å². The van der Waals surface area contributed by atoms with Crippen LogP contribution in [-0.2, 0) is 9.84 Å². The van der Waals surface area contributed by atoms with Crippen LogP contribution in [0.3, 0.4) is 0 Å². The second-order valence-electron chi connectivity index (χ2n) is 5.71. The highest BCUT2D eigenvalue weighted by molar-refractivity contribution is 9.10. The number of nitrogens with zero attached hydrogens (tertiary/aromatic N) is 4. The van der Waals surface area contributed by atoms with Crippen molar-refractivity contribution in [2.75, 3.05) is 11.5 Å². The van der Waals surface area contributed by atoms with Crippen LogP contribution in [0, 0.1) is 13.8 Å². The number of thioether (sulfide) groups is 1. The lowest BCUT2D eigenvalue weighted by Crippen LogP contribution is -2.10. The number of hydrogen-bond acceptors (Lipinski definition) is 6. The van der Waals surface area contributed by atoms with Gasteiger partial charge in [0.25, 0.3) is 0 Å². The van der Waals surface area contributed by atoms with E-state index in [1.165, 1.54) is 11.8 Å². The minimum absolute atomic E-state index is 0.0129. The first-order valence-corrected chi connectivity index (χ1v) is 11.3. The second kappa shape index (κ2) is 7.89. The molecule has 0 fully saturated rings. The van der Waals surface area contributed by atoms with Crippen molar-refractivity contribution in [2.24, 2.45) is 0 Å². The van der Waals surface area contributed by atoms with Crippen molar-refractivity contribution in [1.29, 1.82) is 0 Å². The first-order chi connectivity index (χ1) is 12.4. The van der Waals surface area contributed by atoms with Gasteiger partial charge in [-0.2, -0.15) is 4.68 Å². The molecule has 0 unspecified atom stereocenters. The van der Waals surface area contributed by atoms with Gasteiger partial charge < -0.3 is 0 Å². The molecule has 26 heavy (non-hydrogen) atoms. The third-order valence-corrected chi connectivity index (χ3v) is 7.44. The van der Waals surface area contributed by atoms with Gasteiger partial charge in [-0.05, 0) is 65.7 Å². The van der Waals surface area contributed by atoms with Crippen LogP contribution in [0.25, 0.3) is 5.69 Å². The molecule has 0 N–H and O–H groups in total. The van der Waals surface area contributed by atoms with Crippen molar-refractivity contribution in [3.63, 3.8) is 0 Å². The molecule has 3 rings (SSSR count). The van der Waals surface area contributed by atoms with Gasteiger partial charge in [-0.25, -0.2) is 8.42 Å². The van der Waals surface area contributed by atoms with Crippen LogP contribution in [0.5, 0.6) is 0 Å². The predicted molar refractivity (Wildman–Crippen MR) is 106 cm³/mol. The van der Waals surface area contributed by atoms with Gasteiger partial charge in [0.15, 0.2) is 9.84 Å². The number of aromatic nitrogens is 4. The normalized spacial score (nSPS) is 11.7. The molecule has 0 aliphatic rings. The van der Waals surface area contributed by atoms with E-state index in [0.717, 1.165) is 21.3 Å². The Balaban J connectivity index is 1.73. The van der Waals surface area contributed by atoms with Gasteiger partial charge in [-0.1, -0.05) is 39.8 Å². The Morgan fingerprint density at radius 1 is 1.12 bits per heavy atom. The first kappa shape index (κ1) is 19.1. The van der Waals surface area contributed by atoms with E-state index in [2.05, 4.69) is 31.5 Å². The number of halogens is 1. The Labute approximate surface area is 165 Å². The van der Waals surface area contributed by atoms with Gasteiger partial charge in [0.1, 0.15) is 0 Å². The van der Waals surface area contributed by atoms with Crippen LogP contribution in [0.4, 0.5) is 0 Å². The maximum absolute atomic E-state index is 12.4. The van der Waals surface area contributed by atoms with Gasteiger partial charge in [0, 0.05) is 10.2 Å². The van der Waals surface area contributed by atoms with Gasteiger partial charge >= 0.3 is 0 Å². The van der Waals surface area contributed by atoms with E-state index in [1.807, 2.05) is 32.0 Å². The molecule has 0 radical (unpaired) electrons. The van der Waals surface area contributed by atoms with E-state index in [0.29, 0.717) is 15.8 Å². The van der Waals surface area contributed by atoms with Crippen LogP contribution in [0.2, 0.25) is 0 Å². The van der Waals surface area contributed by atoms with E-state index < -0.39 is 9.84 Å². The van der Waals surface area contributed by atoms with Crippen molar-refractivity contribution in [2.45, 2.75) is 23.9 Å². The fourth-order valence-corrected chi connectivity index (χ4v) is 5.18. The fraction of sp³-hybridized carbons (Fsp3) is 0.235. The highest BCUT2D eigenvalue weighted by Gasteiger charge is 2.17. The average molecular weight is 453 g/mol. The van der Waals surface area contributed by atoms with Crippen molar-refractivity contribution >= 4 is 37.5 Å². The molecule has 136 valence electrons. The standard InChI is InChI=1S/C17H17BrN4O2S2/c1-12-4-3-5-16(13(12)2)22-17(19-20-21-22)25-10-11-26(23,24)15-8-6-14(18)7-9-15/h3-9H,10-11H2,1-2H3. The number of aryl methyl sites for hydroxylation is 1. The molecular weight excluding hydrogens is 436 g/mol. The maximum atomic E-state index is 12.4. The summed E-state index contributed by atoms with van der Waals surface area (Å²) >= 11 is 4.63. The van der Waals surface area contributed by atoms with E-state index >= 15 is 0 Å². The number of benzene rings is 2.